The van der Waals surface area contributed by atoms with Crippen molar-refractivity contribution in [2.75, 3.05) is 0 Å². The Morgan fingerprint density at radius 3 is 2.70 bits per heavy atom. The number of nitrogens with zero attached hydrogens (tertiary/aromatic N) is 1. The minimum Gasteiger partial charge on any atom is -0.356 e. The second kappa shape index (κ2) is 5.22. The van der Waals surface area contributed by atoms with Gasteiger partial charge >= 0.3 is 0 Å². The minimum absolute atomic E-state index is 0.0282. The number of benzene rings is 2. The normalized spacial score (nSPS) is 23.1. The van der Waals surface area contributed by atoms with Crippen molar-refractivity contribution >= 4 is 22.7 Å². The Morgan fingerprint density at radius 1 is 1.07 bits per heavy atom. The number of amides is 2. The van der Waals surface area contributed by atoms with Crippen LogP contribution in [0.5, 0.6) is 0 Å². The van der Waals surface area contributed by atoms with Gasteiger partial charge in [0.1, 0.15) is 6.04 Å². The molecule has 1 aromatic heterocycles. The highest BCUT2D eigenvalue weighted by Crippen LogP contribution is 2.46. The number of aromatic nitrogens is 1. The summed E-state index contributed by atoms with van der Waals surface area (Å²) >= 11 is 0. The van der Waals surface area contributed by atoms with Gasteiger partial charge in [0.25, 0.3) is 5.91 Å². The maximum Gasteiger partial charge on any atom is 0.255 e. The van der Waals surface area contributed by atoms with Crippen LogP contribution in [0.4, 0.5) is 0 Å². The third kappa shape index (κ3) is 2.05. The number of carbonyl (C=O) groups excluding carboxylic acids is 2. The first-order valence-corrected chi connectivity index (χ1v) is 9.54. The fourth-order valence-electron chi connectivity index (χ4n) is 4.66. The second-order valence-corrected chi connectivity index (χ2v) is 7.77. The van der Waals surface area contributed by atoms with Crippen molar-refractivity contribution in [3.05, 3.63) is 70.9 Å². The molecule has 1 fully saturated rings. The highest BCUT2D eigenvalue weighted by atomic mass is 16.2. The SMILES string of the molecule is O=C(NC1CC1)[C@@H]1Cc2c([nH]c3ccccc23)C2c3ccccc3C(=O)N21. The fraction of sp³-hybridized carbons (Fsp3) is 0.273. The Labute approximate surface area is 156 Å². The molecule has 2 amide bonds. The fourth-order valence-corrected chi connectivity index (χ4v) is 4.66. The summed E-state index contributed by atoms with van der Waals surface area (Å²) in [7, 11) is 0. The van der Waals surface area contributed by atoms with E-state index in [-0.39, 0.29) is 23.9 Å². The summed E-state index contributed by atoms with van der Waals surface area (Å²) in [4.78, 5) is 31.6. The van der Waals surface area contributed by atoms with Crippen LogP contribution in [0.1, 0.15) is 46.1 Å². The summed E-state index contributed by atoms with van der Waals surface area (Å²) in [5.74, 6) is -0.0737. The van der Waals surface area contributed by atoms with Crippen LogP contribution in [0.2, 0.25) is 0 Å². The first-order valence-electron chi connectivity index (χ1n) is 9.54. The zero-order valence-corrected chi connectivity index (χ0v) is 14.7. The van der Waals surface area contributed by atoms with Crippen molar-refractivity contribution in [2.45, 2.75) is 37.4 Å². The Balaban J connectivity index is 1.56. The van der Waals surface area contributed by atoms with Crippen molar-refractivity contribution in [3.8, 4) is 0 Å². The van der Waals surface area contributed by atoms with Crippen molar-refractivity contribution in [2.24, 2.45) is 0 Å². The van der Waals surface area contributed by atoms with Crippen LogP contribution in [-0.2, 0) is 11.2 Å². The standard InChI is InChI=1S/C22H19N3O2/c26-21(23-12-9-10-12)18-11-16-13-5-3-4-8-17(13)24-19(16)20-14-6-1-2-7-15(14)22(27)25(18)20/h1-8,12,18,20,24H,9-11H2,(H,23,26)/t18-,20?/m0/s1. The maximum absolute atomic E-state index is 13.2. The Bertz CT molecular complexity index is 1110. The van der Waals surface area contributed by atoms with Gasteiger partial charge in [0.2, 0.25) is 5.91 Å². The molecule has 1 unspecified atom stereocenters. The molecule has 1 aliphatic carbocycles. The van der Waals surface area contributed by atoms with E-state index in [9.17, 15) is 9.59 Å². The first-order chi connectivity index (χ1) is 13.2. The number of H-pyrrole nitrogens is 1. The van der Waals surface area contributed by atoms with Crippen molar-refractivity contribution in [1.82, 2.24) is 15.2 Å². The molecule has 3 aliphatic rings. The van der Waals surface area contributed by atoms with E-state index in [1.54, 1.807) is 4.90 Å². The third-order valence-corrected chi connectivity index (χ3v) is 6.08. The van der Waals surface area contributed by atoms with Crippen LogP contribution < -0.4 is 5.32 Å². The van der Waals surface area contributed by atoms with Gasteiger partial charge in [-0.2, -0.15) is 0 Å². The molecule has 0 saturated heterocycles. The van der Waals surface area contributed by atoms with E-state index in [1.165, 1.54) is 0 Å². The lowest BCUT2D eigenvalue weighted by Crippen LogP contribution is -2.52. The molecule has 27 heavy (non-hydrogen) atoms. The van der Waals surface area contributed by atoms with E-state index in [4.69, 9.17) is 0 Å². The molecule has 2 N–H and O–H groups in total. The molecule has 3 aromatic rings. The second-order valence-electron chi connectivity index (χ2n) is 7.77. The summed E-state index contributed by atoms with van der Waals surface area (Å²) < 4.78 is 0. The first kappa shape index (κ1) is 15.0. The highest BCUT2D eigenvalue weighted by molar-refractivity contribution is 6.03. The molecule has 5 nitrogen and oxygen atoms in total. The molecule has 134 valence electrons. The molecule has 0 radical (unpaired) electrons. The van der Waals surface area contributed by atoms with Crippen molar-refractivity contribution < 1.29 is 9.59 Å². The topological polar surface area (TPSA) is 65.2 Å². The van der Waals surface area contributed by atoms with Gasteiger partial charge in [0.15, 0.2) is 0 Å². The molecule has 2 aliphatic heterocycles. The number of hydrogen-bond donors (Lipinski definition) is 2. The molecule has 6 rings (SSSR count). The molecule has 2 aromatic carbocycles. The van der Waals surface area contributed by atoms with E-state index < -0.39 is 6.04 Å². The van der Waals surface area contributed by atoms with E-state index in [1.807, 2.05) is 36.4 Å². The van der Waals surface area contributed by atoms with Gasteiger partial charge in [-0.05, 0) is 36.1 Å². The maximum atomic E-state index is 13.2. The number of para-hydroxylation sites is 1. The molecule has 0 bridgehead atoms. The molecule has 3 heterocycles. The van der Waals surface area contributed by atoms with Crippen LogP contribution in [0.15, 0.2) is 48.5 Å². The van der Waals surface area contributed by atoms with E-state index in [0.717, 1.165) is 40.6 Å². The summed E-state index contributed by atoms with van der Waals surface area (Å²) in [6.45, 7) is 0. The predicted octanol–water partition coefficient (Wildman–Crippen LogP) is 2.92. The summed E-state index contributed by atoms with van der Waals surface area (Å²) in [5.41, 5.74) is 4.96. The largest absolute Gasteiger partial charge is 0.356 e. The van der Waals surface area contributed by atoms with E-state index in [2.05, 4.69) is 22.4 Å². The van der Waals surface area contributed by atoms with Gasteiger partial charge < -0.3 is 15.2 Å². The van der Waals surface area contributed by atoms with Crippen molar-refractivity contribution in [1.29, 1.82) is 0 Å². The van der Waals surface area contributed by atoms with Crippen LogP contribution in [0.25, 0.3) is 10.9 Å². The van der Waals surface area contributed by atoms with Crippen LogP contribution in [-0.4, -0.2) is 33.8 Å². The summed E-state index contributed by atoms with van der Waals surface area (Å²) in [6, 6.07) is 15.5. The number of nitrogens with one attached hydrogen (secondary N) is 2. The van der Waals surface area contributed by atoms with E-state index in [0.29, 0.717) is 12.0 Å². The summed E-state index contributed by atoms with van der Waals surface area (Å²) in [6.07, 6.45) is 2.62. The molecule has 1 saturated carbocycles. The van der Waals surface area contributed by atoms with Gasteiger partial charge in [0, 0.05) is 34.6 Å². The van der Waals surface area contributed by atoms with Gasteiger partial charge in [0.05, 0.1) is 6.04 Å². The Morgan fingerprint density at radius 2 is 1.85 bits per heavy atom. The number of fused-ring (bicyclic) bond motifs is 7. The predicted molar refractivity (Wildman–Crippen MR) is 101 cm³/mol. The summed E-state index contributed by atoms with van der Waals surface area (Å²) in [5, 5.41) is 4.26. The zero-order chi connectivity index (χ0) is 18.1. The lowest BCUT2D eigenvalue weighted by molar-refractivity contribution is -0.126. The lowest BCUT2D eigenvalue weighted by Gasteiger charge is -2.37. The van der Waals surface area contributed by atoms with E-state index >= 15 is 0 Å². The quantitative estimate of drug-likeness (QED) is 0.741. The van der Waals surface area contributed by atoms with Gasteiger partial charge in [-0.25, -0.2) is 0 Å². The van der Waals surface area contributed by atoms with Gasteiger partial charge in [-0.3, -0.25) is 9.59 Å². The van der Waals surface area contributed by atoms with Gasteiger partial charge in [-0.15, -0.1) is 0 Å². The average Bonchev–Trinajstić information content (AvgIpc) is 3.35. The Hall–Kier alpha value is -3.08. The monoisotopic (exact) mass is 357 g/mol. The smallest absolute Gasteiger partial charge is 0.255 e. The number of hydrogen-bond acceptors (Lipinski definition) is 2. The number of carbonyl (C=O) groups is 2. The van der Waals surface area contributed by atoms with Crippen LogP contribution in [0, 0.1) is 0 Å². The highest BCUT2D eigenvalue weighted by Gasteiger charge is 2.49. The molecule has 0 spiro atoms. The van der Waals surface area contributed by atoms with Gasteiger partial charge in [-0.1, -0.05) is 36.4 Å². The zero-order valence-electron chi connectivity index (χ0n) is 14.7. The average molecular weight is 357 g/mol. The number of rotatable bonds is 2. The molecule has 2 atom stereocenters. The minimum atomic E-state index is -0.470. The Kier molecular flexibility index (Phi) is 2.91. The third-order valence-electron chi connectivity index (χ3n) is 6.08. The number of aromatic amines is 1. The molecular weight excluding hydrogens is 338 g/mol. The van der Waals surface area contributed by atoms with Crippen molar-refractivity contribution in [3.63, 3.8) is 0 Å². The molecule has 5 heteroatoms. The lowest BCUT2D eigenvalue weighted by atomic mass is 9.90. The van der Waals surface area contributed by atoms with Crippen LogP contribution >= 0.6 is 0 Å². The van der Waals surface area contributed by atoms with Crippen LogP contribution in [0.3, 0.4) is 0 Å². The molecular formula is C22H19N3O2.